The van der Waals surface area contributed by atoms with Gasteiger partial charge in [-0.25, -0.2) is 0 Å². The van der Waals surface area contributed by atoms with Gasteiger partial charge in [-0.05, 0) is 39.0 Å². The van der Waals surface area contributed by atoms with Gasteiger partial charge in [-0.1, -0.05) is 29.5 Å². The second-order valence-electron chi connectivity index (χ2n) is 5.88. The Hall–Kier alpha value is -2.47. The van der Waals surface area contributed by atoms with Crippen LogP contribution in [0.4, 0.5) is 0 Å². The Morgan fingerprint density at radius 3 is 2.88 bits per heavy atom. The van der Waals surface area contributed by atoms with E-state index in [1.54, 1.807) is 10.7 Å². The van der Waals surface area contributed by atoms with Crippen molar-refractivity contribution in [3.05, 3.63) is 59.2 Å². The van der Waals surface area contributed by atoms with Crippen LogP contribution in [0, 0.1) is 6.92 Å². The molecule has 124 valence electrons. The van der Waals surface area contributed by atoms with E-state index in [-0.39, 0.29) is 11.9 Å². The largest absolute Gasteiger partial charge is 0.312 e. The van der Waals surface area contributed by atoms with Crippen molar-refractivity contribution in [3.63, 3.8) is 0 Å². The van der Waals surface area contributed by atoms with Crippen molar-refractivity contribution in [1.82, 2.24) is 14.3 Å². The highest BCUT2D eigenvalue weighted by atomic mass is 32.1. The van der Waals surface area contributed by atoms with Gasteiger partial charge in [0, 0.05) is 12.6 Å². The Balaban J connectivity index is 2.15. The first-order valence-electron chi connectivity index (χ1n) is 7.85. The van der Waals surface area contributed by atoms with Crippen LogP contribution in [0.25, 0.3) is 10.2 Å². The lowest BCUT2D eigenvalue weighted by Gasteiger charge is -2.08. The first-order valence-corrected chi connectivity index (χ1v) is 8.67. The lowest BCUT2D eigenvalue weighted by Crippen LogP contribution is -2.18. The molecule has 3 rings (SSSR count). The van der Waals surface area contributed by atoms with Crippen LogP contribution in [-0.4, -0.2) is 20.3 Å². The van der Waals surface area contributed by atoms with Gasteiger partial charge in [-0.3, -0.25) is 9.48 Å². The average molecular weight is 340 g/mol. The minimum Gasteiger partial charge on any atom is -0.312 e. The van der Waals surface area contributed by atoms with Crippen molar-refractivity contribution in [1.29, 1.82) is 0 Å². The molecular weight excluding hydrogens is 320 g/mol. The predicted molar refractivity (Wildman–Crippen MR) is 97.3 cm³/mol. The van der Waals surface area contributed by atoms with Crippen molar-refractivity contribution >= 4 is 27.5 Å². The van der Waals surface area contributed by atoms with E-state index in [0.29, 0.717) is 17.0 Å². The standard InChI is InChI=1S/C18H20N4OS/c1-5-10-21-14-8-6-7-9-16(14)24-18(21)19-17(23)15-11-13(4)20-22(15)12(2)3/h5-9,11-12H,1,10H2,2-4H3. The zero-order chi connectivity index (χ0) is 17.3. The number of carbonyl (C=O) groups excluding carboxylic acids is 1. The Morgan fingerprint density at radius 2 is 2.17 bits per heavy atom. The summed E-state index contributed by atoms with van der Waals surface area (Å²) >= 11 is 1.51. The monoisotopic (exact) mass is 340 g/mol. The van der Waals surface area contributed by atoms with Crippen LogP contribution < -0.4 is 4.80 Å². The van der Waals surface area contributed by atoms with Gasteiger partial charge >= 0.3 is 0 Å². The molecular formula is C18H20N4OS. The molecule has 0 spiro atoms. The van der Waals surface area contributed by atoms with Crippen molar-refractivity contribution in [2.24, 2.45) is 4.99 Å². The van der Waals surface area contributed by atoms with Crippen molar-refractivity contribution in [2.75, 3.05) is 0 Å². The maximum atomic E-state index is 12.7. The summed E-state index contributed by atoms with van der Waals surface area (Å²) in [6.07, 6.45) is 1.81. The highest BCUT2D eigenvalue weighted by Crippen LogP contribution is 2.17. The summed E-state index contributed by atoms with van der Waals surface area (Å²) in [7, 11) is 0. The molecule has 2 heterocycles. The number of thiazole rings is 1. The zero-order valence-electron chi connectivity index (χ0n) is 14.1. The summed E-state index contributed by atoms with van der Waals surface area (Å²) in [5.41, 5.74) is 2.39. The third-order valence-corrected chi connectivity index (χ3v) is 4.72. The lowest BCUT2D eigenvalue weighted by atomic mass is 10.3. The normalized spacial score (nSPS) is 12.2. The highest BCUT2D eigenvalue weighted by Gasteiger charge is 2.16. The number of carbonyl (C=O) groups is 1. The zero-order valence-corrected chi connectivity index (χ0v) is 14.9. The van der Waals surface area contributed by atoms with Gasteiger partial charge in [-0.15, -0.1) is 6.58 Å². The molecule has 0 aliphatic rings. The van der Waals surface area contributed by atoms with Gasteiger partial charge in [0.1, 0.15) is 5.69 Å². The maximum absolute atomic E-state index is 12.7. The molecule has 1 amide bonds. The van der Waals surface area contributed by atoms with Gasteiger partial charge in [0.2, 0.25) is 0 Å². The first-order chi connectivity index (χ1) is 11.5. The number of aromatic nitrogens is 3. The number of fused-ring (bicyclic) bond motifs is 1. The van der Waals surface area contributed by atoms with E-state index in [4.69, 9.17) is 0 Å². The van der Waals surface area contributed by atoms with Gasteiger partial charge in [0.05, 0.1) is 15.9 Å². The fourth-order valence-corrected chi connectivity index (χ4v) is 3.66. The van der Waals surface area contributed by atoms with Crippen LogP contribution in [0.3, 0.4) is 0 Å². The Morgan fingerprint density at radius 1 is 1.42 bits per heavy atom. The highest BCUT2D eigenvalue weighted by molar-refractivity contribution is 7.16. The van der Waals surface area contributed by atoms with E-state index in [2.05, 4.69) is 16.7 Å². The van der Waals surface area contributed by atoms with E-state index in [0.717, 1.165) is 15.9 Å². The first kappa shape index (κ1) is 16.4. The maximum Gasteiger partial charge on any atom is 0.297 e. The Kier molecular flexibility index (Phi) is 4.49. The van der Waals surface area contributed by atoms with E-state index >= 15 is 0 Å². The molecule has 5 nitrogen and oxygen atoms in total. The second kappa shape index (κ2) is 6.57. The third-order valence-electron chi connectivity index (χ3n) is 3.66. The number of aryl methyl sites for hydroxylation is 1. The summed E-state index contributed by atoms with van der Waals surface area (Å²) < 4.78 is 4.83. The number of nitrogens with zero attached hydrogens (tertiary/aromatic N) is 4. The molecule has 6 heteroatoms. The fraction of sp³-hybridized carbons (Fsp3) is 0.278. The lowest BCUT2D eigenvalue weighted by molar-refractivity contribution is 0.0986. The minimum absolute atomic E-state index is 0.107. The number of rotatable bonds is 4. The average Bonchev–Trinajstić information content (AvgIpc) is 3.09. The molecule has 3 aromatic rings. The van der Waals surface area contributed by atoms with Crippen molar-refractivity contribution in [2.45, 2.75) is 33.4 Å². The molecule has 0 aliphatic carbocycles. The molecule has 2 aromatic heterocycles. The van der Waals surface area contributed by atoms with Gasteiger partial charge < -0.3 is 4.57 Å². The Labute approximate surface area is 144 Å². The summed E-state index contributed by atoms with van der Waals surface area (Å²) in [5.74, 6) is -0.270. The summed E-state index contributed by atoms with van der Waals surface area (Å²) in [6.45, 7) is 10.3. The number of hydrogen-bond acceptors (Lipinski definition) is 3. The van der Waals surface area contributed by atoms with Crippen LogP contribution in [0.5, 0.6) is 0 Å². The summed E-state index contributed by atoms with van der Waals surface area (Å²) in [5, 5.41) is 4.39. The number of allylic oxidation sites excluding steroid dienone is 1. The molecule has 0 atom stereocenters. The number of amides is 1. The Bertz CT molecular complexity index is 974. The van der Waals surface area contributed by atoms with E-state index in [9.17, 15) is 4.79 Å². The molecule has 0 saturated carbocycles. The summed E-state index contributed by atoms with van der Waals surface area (Å²) in [4.78, 5) is 17.8. The molecule has 0 saturated heterocycles. The number of benzene rings is 1. The van der Waals surface area contributed by atoms with Crippen LogP contribution in [0.2, 0.25) is 0 Å². The minimum atomic E-state index is -0.270. The van der Waals surface area contributed by atoms with Crippen LogP contribution >= 0.6 is 11.3 Å². The predicted octanol–water partition coefficient (Wildman–Crippen LogP) is 3.72. The third kappa shape index (κ3) is 2.97. The van der Waals surface area contributed by atoms with E-state index in [1.807, 2.05) is 55.7 Å². The van der Waals surface area contributed by atoms with E-state index < -0.39 is 0 Å². The topological polar surface area (TPSA) is 52.2 Å². The molecule has 0 aliphatic heterocycles. The number of hydrogen-bond donors (Lipinski definition) is 0. The molecule has 24 heavy (non-hydrogen) atoms. The molecule has 0 radical (unpaired) electrons. The van der Waals surface area contributed by atoms with Crippen LogP contribution in [0.15, 0.2) is 48.0 Å². The molecule has 0 N–H and O–H groups in total. The van der Waals surface area contributed by atoms with Gasteiger partial charge in [0.25, 0.3) is 5.91 Å². The quantitative estimate of drug-likeness (QED) is 0.680. The molecule has 0 bridgehead atoms. The van der Waals surface area contributed by atoms with Crippen molar-refractivity contribution in [3.8, 4) is 0 Å². The summed E-state index contributed by atoms with van der Waals surface area (Å²) in [6, 6.07) is 9.93. The molecule has 0 fully saturated rings. The SMILES string of the molecule is C=CCn1c(=NC(=O)c2cc(C)nn2C(C)C)sc2ccccc21. The van der Waals surface area contributed by atoms with Crippen LogP contribution in [-0.2, 0) is 6.54 Å². The smallest absolute Gasteiger partial charge is 0.297 e. The van der Waals surface area contributed by atoms with Gasteiger partial charge in [-0.2, -0.15) is 10.1 Å². The van der Waals surface area contributed by atoms with E-state index in [1.165, 1.54) is 11.3 Å². The number of para-hydroxylation sites is 1. The second-order valence-corrected chi connectivity index (χ2v) is 6.89. The fourth-order valence-electron chi connectivity index (χ4n) is 2.63. The van der Waals surface area contributed by atoms with Crippen molar-refractivity contribution < 1.29 is 4.79 Å². The molecule has 0 unspecified atom stereocenters. The van der Waals surface area contributed by atoms with Gasteiger partial charge in [0.15, 0.2) is 4.80 Å². The molecule has 1 aromatic carbocycles. The van der Waals surface area contributed by atoms with Crippen LogP contribution in [0.1, 0.15) is 36.1 Å².